The number of nitrogens with zero attached hydrogens (tertiary/aromatic N) is 2. The molecule has 1 rings (SSSR count). The van der Waals surface area contributed by atoms with Gasteiger partial charge in [-0.1, -0.05) is 13.8 Å². The second kappa shape index (κ2) is 3.22. The van der Waals surface area contributed by atoms with Crippen LogP contribution >= 0.6 is 11.3 Å². The fourth-order valence-electron chi connectivity index (χ4n) is 1.11. The minimum Gasteiger partial charge on any atom is -0.324 e. The SMILES string of the molecule is CN=c1scc(C(C)C)n1C. The van der Waals surface area contributed by atoms with Crippen molar-refractivity contribution in [3.8, 4) is 0 Å². The van der Waals surface area contributed by atoms with Gasteiger partial charge < -0.3 is 4.57 Å². The Labute approximate surface area is 71.2 Å². The zero-order valence-corrected chi connectivity index (χ0v) is 8.27. The molecular formula is C8H14N2S. The summed E-state index contributed by atoms with van der Waals surface area (Å²) in [5.41, 5.74) is 1.36. The average Bonchev–Trinajstić information content (AvgIpc) is 2.30. The third kappa shape index (κ3) is 1.53. The van der Waals surface area contributed by atoms with Gasteiger partial charge >= 0.3 is 0 Å². The number of hydrogen-bond acceptors (Lipinski definition) is 2. The predicted octanol–water partition coefficient (Wildman–Crippen LogP) is 1.74. The molecule has 0 atom stereocenters. The van der Waals surface area contributed by atoms with E-state index in [2.05, 4.69) is 35.8 Å². The highest BCUT2D eigenvalue weighted by molar-refractivity contribution is 7.07. The molecule has 0 spiro atoms. The van der Waals surface area contributed by atoms with Gasteiger partial charge in [0, 0.05) is 25.2 Å². The Balaban J connectivity index is 3.22. The lowest BCUT2D eigenvalue weighted by Gasteiger charge is -2.04. The van der Waals surface area contributed by atoms with Gasteiger partial charge in [-0.3, -0.25) is 4.99 Å². The van der Waals surface area contributed by atoms with E-state index in [0.717, 1.165) is 4.80 Å². The maximum absolute atomic E-state index is 4.15. The second-order valence-electron chi connectivity index (χ2n) is 2.88. The lowest BCUT2D eigenvalue weighted by Crippen LogP contribution is -2.13. The summed E-state index contributed by atoms with van der Waals surface area (Å²) in [6.07, 6.45) is 0. The van der Waals surface area contributed by atoms with E-state index >= 15 is 0 Å². The second-order valence-corrected chi connectivity index (χ2v) is 3.72. The van der Waals surface area contributed by atoms with Crippen molar-refractivity contribution in [2.24, 2.45) is 12.0 Å². The Morgan fingerprint density at radius 3 is 2.45 bits per heavy atom. The molecular weight excluding hydrogens is 156 g/mol. The number of aromatic nitrogens is 1. The van der Waals surface area contributed by atoms with Crippen molar-refractivity contribution in [3.05, 3.63) is 15.9 Å². The molecule has 0 aliphatic heterocycles. The van der Waals surface area contributed by atoms with Crippen molar-refractivity contribution in [2.45, 2.75) is 19.8 Å². The number of hydrogen-bond donors (Lipinski definition) is 0. The molecule has 1 aromatic heterocycles. The first-order valence-corrected chi connectivity index (χ1v) is 4.62. The third-order valence-corrected chi connectivity index (χ3v) is 2.77. The molecule has 0 radical (unpaired) electrons. The quantitative estimate of drug-likeness (QED) is 0.611. The van der Waals surface area contributed by atoms with Gasteiger partial charge in [-0.15, -0.1) is 11.3 Å². The van der Waals surface area contributed by atoms with Gasteiger partial charge in [-0.05, 0) is 5.92 Å². The first-order valence-electron chi connectivity index (χ1n) is 3.74. The Morgan fingerprint density at radius 2 is 2.18 bits per heavy atom. The summed E-state index contributed by atoms with van der Waals surface area (Å²) in [4.78, 5) is 5.25. The summed E-state index contributed by atoms with van der Waals surface area (Å²) >= 11 is 1.70. The molecule has 0 amide bonds. The lowest BCUT2D eigenvalue weighted by atomic mass is 10.2. The van der Waals surface area contributed by atoms with Crippen molar-refractivity contribution in [2.75, 3.05) is 7.05 Å². The van der Waals surface area contributed by atoms with Crippen molar-refractivity contribution < 1.29 is 0 Å². The van der Waals surface area contributed by atoms with Crippen LogP contribution in [0.5, 0.6) is 0 Å². The van der Waals surface area contributed by atoms with Gasteiger partial charge in [0.2, 0.25) is 0 Å². The summed E-state index contributed by atoms with van der Waals surface area (Å²) in [5, 5.41) is 2.17. The first kappa shape index (κ1) is 8.53. The van der Waals surface area contributed by atoms with Crippen LogP contribution in [0.15, 0.2) is 10.4 Å². The smallest absolute Gasteiger partial charge is 0.184 e. The molecule has 0 aliphatic rings. The molecule has 3 heteroatoms. The van der Waals surface area contributed by atoms with Crippen LogP contribution < -0.4 is 4.80 Å². The summed E-state index contributed by atoms with van der Waals surface area (Å²) < 4.78 is 2.15. The molecule has 0 bridgehead atoms. The van der Waals surface area contributed by atoms with Gasteiger partial charge in [0.05, 0.1) is 0 Å². The zero-order chi connectivity index (χ0) is 8.43. The summed E-state index contributed by atoms with van der Waals surface area (Å²) in [6, 6.07) is 0. The van der Waals surface area contributed by atoms with E-state index in [4.69, 9.17) is 0 Å². The molecule has 0 saturated carbocycles. The van der Waals surface area contributed by atoms with E-state index in [1.54, 1.807) is 11.3 Å². The topological polar surface area (TPSA) is 17.3 Å². The van der Waals surface area contributed by atoms with Gasteiger partial charge in [0.1, 0.15) is 0 Å². The molecule has 0 aromatic carbocycles. The average molecular weight is 170 g/mol. The monoisotopic (exact) mass is 170 g/mol. The van der Waals surface area contributed by atoms with Crippen molar-refractivity contribution in [1.29, 1.82) is 0 Å². The minimum absolute atomic E-state index is 0.590. The number of thiazole rings is 1. The molecule has 11 heavy (non-hydrogen) atoms. The molecule has 0 fully saturated rings. The fraction of sp³-hybridized carbons (Fsp3) is 0.625. The Hall–Kier alpha value is -0.570. The van der Waals surface area contributed by atoms with Crippen LogP contribution in [0, 0.1) is 0 Å². The molecule has 62 valence electrons. The fourth-order valence-corrected chi connectivity index (χ4v) is 2.13. The molecule has 1 heterocycles. The molecule has 0 unspecified atom stereocenters. The van der Waals surface area contributed by atoms with Crippen molar-refractivity contribution in [3.63, 3.8) is 0 Å². The predicted molar refractivity (Wildman–Crippen MR) is 48.9 cm³/mol. The molecule has 2 nitrogen and oxygen atoms in total. The van der Waals surface area contributed by atoms with Crippen molar-refractivity contribution >= 4 is 11.3 Å². The van der Waals surface area contributed by atoms with Gasteiger partial charge in [0.25, 0.3) is 0 Å². The highest BCUT2D eigenvalue weighted by Crippen LogP contribution is 2.12. The normalized spacial score (nSPS) is 13.0. The van der Waals surface area contributed by atoms with E-state index in [0.29, 0.717) is 5.92 Å². The Kier molecular flexibility index (Phi) is 2.49. The van der Waals surface area contributed by atoms with Crippen LogP contribution in [0.3, 0.4) is 0 Å². The van der Waals surface area contributed by atoms with E-state index in [1.165, 1.54) is 5.69 Å². The van der Waals surface area contributed by atoms with E-state index < -0.39 is 0 Å². The summed E-state index contributed by atoms with van der Waals surface area (Å²) in [6.45, 7) is 4.39. The van der Waals surface area contributed by atoms with Crippen LogP contribution in [-0.4, -0.2) is 11.6 Å². The van der Waals surface area contributed by atoms with E-state index in [-0.39, 0.29) is 0 Å². The Morgan fingerprint density at radius 1 is 1.55 bits per heavy atom. The van der Waals surface area contributed by atoms with Crippen LogP contribution in [0.4, 0.5) is 0 Å². The highest BCUT2D eigenvalue weighted by Gasteiger charge is 2.03. The molecule has 1 aromatic rings. The summed E-state index contributed by atoms with van der Waals surface area (Å²) in [7, 11) is 3.89. The lowest BCUT2D eigenvalue weighted by molar-refractivity contribution is 0.718. The largest absolute Gasteiger partial charge is 0.324 e. The minimum atomic E-state index is 0.590. The Bertz CT molecular complexity index is 293. The molecule has 0 N–H and O–H groups in total. The van der Waals surface area contributed by atoms with E-state index in [9.17, 15) is 0 Å². The maximum Gasteiger partial charge on any atom is 0.184 e. The molecule has 0 saturated heterocycles. The number of rotatable bonds is 1. The van der Waals surface area contributed by atoms with Gasteiger partial charge in [0.15, 0.2) is 4.80 Å². The standard InChI is InChI=1S/C8H14N2S/c1-6(2)7-5-11-8(9-3)10(7)4/h5-6H,1-4H3. The van der Waals surface area contributed by atoms with Crippen LogP contribution in [0.1, 0.15) is 25.5 Å². The first-order chi connectivity index (χ1) is 5.16. The van der Waals surface area contributed by atoms with Crippen LogP contribution in [0.25, 0.3) is 0 Å². The highest BCUT2D eigenvalue weighted by atomic mass is 32.1. The molecule has 0 aliphatic carbocycles. The van der Waals surface area contributed by atoms with Crippen molar-refractivity contribution in [1.82, 2.24) is 4.57 Å². The summed E-state index contributed by atoms with van der Waals surface area (Å²) in [5.74, 6) is 0.590. The maximum atomic E-state index is 4.15. The van der Waals surface area contributed by atoms with Gasteiger partial charge in [-0.25, -0.2) is 0 Å². The third-order valence-electron chi connectivity index (χ3n) is 1.74. The van der Waals surface area contributed by atoms with Gasteiger partial charge in [-0.2, -0.15) is 0 Å². The van der Waals surface area contributed by atoms with Crippen LogP contribution in [0.2, 0.25) is 0 Å². The van der Waals surface area contributed by atoms with E-state index in [1.807, 2.05) is 7.05 Å². The zero-order valence-electron chi connectivity index (χ0n) is 7.46. The van der Waals surface area contributed by atoms with Crippen LogP contribution in [-0.2, 0) is 7.05 Å².